The third-order valence-corrected chi connectivity index (χ3v) is 3.42. The zero-order chi connectivity index (χ0) is 17.4. The smallest absolute Gasteiger partial charge is 0.257 e. The van der Waals surface area contributed by atoms with Crippen LogP contribution in [0.25, 0.3) is 0 Å². The van der Waals surface area contributed by atoms with Crippen LogP contribution in [0, 0.1) is 0 Å². The third-order valence-electron chi connectivity index (χ3n) is 3.42. The molecule has 3 N–H and O–H groups in total. The first kappa shape index (κ1) is 17.3. The van der Waals surface area contributed by atoms with E-state index >= 15 is 0 Å². The molecule has 0 bridgehead atoms. The lowest BCUT2D eigenvalue weighted by molar-refractivity contribution is -0.123. The first-order chi connectivity index (χ1) is 11.6. The maximum absolute atomic E-state index is 11.9. The molecule has 0 aliphatic rings. The lowest BCUT2D eigenvalue weighted by Gasteiger charge is -2.11. The number of benzene rings is 2. The molecule has 6 nitrogen and oxygen atoms in total. The summed E-state index contributed by atoms with van der Waals surface area (Å²) in [6.45, 7) is 0.274. The monoisotopic (exact) mass is 328 g/mol. The van der Waals surface area contributed by atoms with Gasteiger partial charge in [0, 0.05) is 6.54 Å². The van der Waals surface area contributed by atoms with E-state index < -0.39 is 5.91 Å². The molecule has 0 saturated heterocycles. The number of rotatable bonds is 8. The molecule has 0 atom stereocenters. The van der Waals surface area contributed by atoms with Gasteiger partial charge in [0.1, 0.15) is 11.5 Å². The standard InChI is InChI=1S/C18H20N2O4/c1-23-15-8-4-2-6-13(15)10-11-20-17(21)12-24-16-9-5-3-7-14(16)18(19)22/h2-9H,10-12H2,1H3,(H2,19,22)(H,20,21). The number of para-hydroxylation sites is 2. The van der Waals surface area contributed by atoms with Crippen molar-refractivity contribution in [3.05, 3.63) is 59.7 Å². The molecule has 2 aromatic rings. The average molecular weight is 328 g/mol. The Balaban J connectivity index is 1.81. The highest BCUT2D eigenvalue weighted by Gasteiger charge is 2.10. The van der Waals surface area contributed by atoms with Gasteiger partial charge in [-0.1, -0.05) is 30.3 Å². The summed E-state index contributed by atoms with van der Waals surface area (Å²) < 4.78 is 10.6. The Morgan fingerprint density at radius 2 is 1.71 bits per heavy atom. The van der Waals surface area contributed by atoms with Gasteiger partial charge in [0.25, 0.3) is 11.8 Å². The second kappa shape index (κ2) is 8.57. The minimum absolute atomic E-state index is 0.184. The van der Waals surface area contributed by atoms with Gasteiger partial charge in [-0.05, 0) is 30.2 Å². The summed E-state index contributed by atoms with van der Waals surface area (Å²) in [7, 11) is 1.61. The van der Waals surface area contributed by atoms with Gasteiger partial charge in [0.2, 0.25) is 0 Å². The first-order valence-corrected chi connectivity index (χ1v) is 7.52. The number of hydrogen-bond acceptors (Lipinski definition) is 4. The molecule has 2 amide bonds. The van der Waals surface area contributed by atoms with Crippen LogP contribution in [0.1, 0.15) is 15.9 Å². The van der Waals surface area contributed by atoms with E-state index in [1.165, 1.54) is 0 Å². The molecule has 0 saturated carbocycles. The zero-order valence-electron chi connectivity index (χ0n) is 13.5. The van der Waals surface area contributed by atoms with Crippen molar-refractivity contribution in [2.45, 2.75) is 6.42 Å². The third kappa shape index (κ3) is 4.74. The molecule has 0 aliphatic carbocycles. The molecule has 24 heavy (non-hydrogen) atoms. The van der Waals surface area contributed by atoms with Gasteiger partial charge in [0.05, 0.1) is 12.7 Å². The molecule has 2 aromatic carbocycles. The van der Waals surface area contributed by atoms with Crippen molar-refractivity contribution in [1.82, 2.24) is 5.32 Å². The van der Waals surface area contributed by atoms with Gasteiger partial charge in [-0.15, -0.1) is 0 Å². The second-order valence-corrected chi connectivity index (χ2v) is 5.06. The Hall–Kier alpha value is -3.02. The number of nitrogens with two attached hydrogens (primary N) is 1. The molecule has 126 valence electrons. The summed E-state index contributed by atoms with van der Waals surface area (Å²) in [5, 5.41) is 2.77. The van der Waals surface area contributed by atoms with Crippen molar-refractivity contribution < 1.29 is 19.1 Å². The Kier molecular flexibility index (Phi) is 6.19. The highest BCUT2D eigenvalue weighted by molar-refractivity contribution is 5.95. The first-order valence-electron chi connectivity index (χ1n) is 7.52. The minimum Gasteiger partial charge on any atom is -0.496 e. The highest BCUT2D eigenvalue weighted by Crippen LogP contribution is 2.18. The van der Waals surface area contributed by atoms with Crippen LogP contribution in [-0.2, 0) is 11.2 Å². The van der Waals surface area contributed by atoms with Crippen LogP contribution in [0.3, 0.4) is 0 Å². The van der Waals surface area contributed by atoms with Gasteiger partial charge in [0.15, 0.2) is 6.61 Å². The molecule has 0 spiro atoms. The molecule has 6 heteroatoms. The Morgan fingerprint density at radius 3 is 2.42 bits per heavy atom. The maximum Gasteiger partial charge on any atom is 0.257 e. The fraction of sp³-hybridized carbons (Fsp3) is 0.222. The number of hydrogen-bond donors (Lipinski definition) is 2. The van der Waals surface area contributed by atoms with E-state index in [1.807, 2.05) is 24.3 Å². The highest BCUT2D eigenvalue weighted by atomic mass is 16.5. The van der Waals surface area contributed by atoms with E-state index in [-0.39, 0.29) is 18.1 Å². The quantitative estimate of drug-likeness (QED) is 0.769. The SMILES string of the molecule is COc1ccccc1CCNC(=O)COc1ccccc1C(N)=O. The molecule has 0 fully saturated rings. The molecule has 0 radical (unpaired) electrons. The minimum atomic E-state index is -0.595. The number of amides is 2. The van der Waals surface area contributed by atoms with Crippen LogP contribution < -0.4 is 20.5 Å². The lowest BCUT2D eigenvalue weighted by Crippen LogP contribution is -2.31. The van der Waals surface area contributed by atoms with Crippen LogP contribution in [0.2, 0.25) is 0 Å². The second-order valence-electron chi connectivity index (χ2n) is 5.06. The van der Waals surface area contributed by atoms with Gasteiger partial charge < -0.3 is 20.5 Å². The van der Waals surface area contributed by atoms with Crippen molar-refractivity contribution in [2.24, 2.45) is 5.73 Å². The molecular formula is C18H20N2O4. The van der Waals surface area contributed by atoms with E-state index in [2.05, 4.69) is 5.32 Å². The fourth-order valence-corrected chi connectivity index (χ4v) is 2.24. The van der Waals surface area contributed by atoms with Gasteiger partial charge in [-0.3, -0.25) is 9.59 Å². The fourth-order valence-electron chi connectivity index (χ4n) is 2.24. The van der Waals surface area contributed by atoms with Crippen molar-refractivity contribution in [3.63, 3.8) is 0 Å². The molecule has 0 aliphatic heterocycles. The number of primary amides is 1. The van der Waals surface area contributed by atoms with Crippen LogP contribution in [0.4, 0.5) is 0 Å². The number of carbonyl (C=O) groups is 2. The van der Waals surface area contributed by atoms with E-state index in [9.17, 15) is 9.59 Å². The summed E-state index contributed by atoms with van der Waals surface area (Å²) in [6, 6.07) is 14.2. The number of nitrogens with one attached hydrogen (secondary N) is 1. The van der Waals surface area contributed by atoms with Gasteiger partial charge in [-0.2, -0.15) is 0 Å². The lowest BCUT2D eigenvalue weighted by atomic mass is 10.1. The molecule has 0 unspecified atom stereocenters. The number of ether oxygens (including phenoxy) is 2. The van der Waals surface area contributed by atoms with Crippen molar-refractivity contribution >= 4 is 11.8 Å². The predicted molar refractivity (Wildman–Crippen MR) is 90.2 cm³/mol. The van der Waals surface area contributed by atoms with Crippen LogP contribution in [0.15, 0.2) is 48.5 Å². The molecule has 2 rings (SSSR count). The van der Waals surface area contributed by atoms with Crippen molar-refractivity contribution in [1.29, 1.82) is 0 Å². The topological polar surface area (TPSA) is 90.7 Å². The Morgan fingerprint density at radius 1 is 1.04 bits per heavy atom. The summed E-state index contributed by atoms with van der Waals surface area (Å²) >= 11 is 0. The maximum atomic E-state index is 11.9. The predicted octanol–water partition coefficient (Wildman–Crippen LogP) is 1.53. The molecule has 0 heterocycles. The van der Waals surface area contributed by atoms with E-state index in [0.717, 1.165) is 11.3 Å². The summed E-state index contributed by atoms with van der Waals surface area (Å²) in [5.74, 6) is 0.217. The van der Waals surface area contributed by atoms with Crippen LogP contribution in [-0.4, -0.2) is 32.1 Å². The van der Waals surface area contributed by atoms with Crippen LogP contribution in [0.5, 0.6) is 11.5 Å². The molecular weight excluding hydrogens is 308 g/mol. The number of carbonyl (C=O) groups excluding carboxylic acids is 2. The zero-order valence-corrected chi connectivity index (χ0v) is 13.5. The summed E-state index contributed by atoms with van der Waals surface area (Å²) in [4.78, 5) is 23.1. The van der Waals surface area contributed by atoms with E-state index in [4.69, 9.17) is 15.2 Å². The summed E-state index contributed by atoms with van der Waals surface area (Å²) in [6.07, 6.45) is 0.646. The molecule has 0 aromatic heterocycles. The van der Waals surface area contributed by atoms with Gasteiger partial charge in [-0.25, -0.2) is 0 Å². The Labute approximate surface area is 140 Å². The van der Waals surface area contributed by atoms with Crippen molar-refractivity contribution in [2.75, 3.05) is 20.3 Å². The normalized spacial score (nSPS) is 10.0. The number of methoxy groups -OCH3 is 1. The van der Waals surface area contributed by atoms with Crippen molar-refractivity contribution in [3.8, 4) is 11.5 Å². The summed E-state index contributed by atoms with van der Waals surface area (Å²) in [5.41, 5.74) is 6.53. The largest absolute Gasteiger partial charge is 0.496 e. The van der Waals surface area contributed by atoms with Gasteiger partial charge >= 0.3 is 0 Å². The average Bonchev–Trinajstić information content (AvgIpc) is 2.60. The Bertz CT molecular complexity index is 716. The van der Waals surface area contributed by atoms with E-state index in [1.54, 1.807) is 31.4 Å². The van der Waals surface area contributed by atoms with Crippen LogP contribution >= 0.6 is 0 Å². The van der Waals surface area contributed by atoms with E-state index in [0.29, 0.717) is 18.7 Å².